The maximum atomic E-state index is 11.9. The minimum atomic E-state index is 0.199. The summed E-state index contributed by atoms with van der Waals surface area (Å²) in [7, 11) is 2.24. The zero-order valence-corrected chi connectivity index (χ0v) is 10.3. The molecule has 0 spiro atoms. The first-order valence-corrected chi connectivity index (χ1v) is 5.95. The number of benzene rings is 1. The molecule has 1 fully saturated rings. The summed E-state index contributed by atoms with van der Waals surface area (Å²) in [5.74, 6) is 0.564. The van der Waals surface area contributed by atoms with Crippen LogP contribution in [0.5, 0.6) is 0 Å². The first-order valence-electron chi connectivity index (χ1n) is 5.48. The van der Waals surface area contributed by atoms with Gasteiger partial charge in [0.1, 0.15) is 0 Å². The van der Waals surface area contributed by atoms with Crippen molar-refractivity contribution in [1.82, 2.24) is 0 Å². The van der Waals surface area contributed by atoms with Gasteiger partial charge in [0.05, 0.1) is 6.61 Å². The Labute approximate surface area is 98.1 Å². The number of piperidine rings is 1. The third-order valence-corrected chi connectivity index (χ3v) is 3.12. The average Bonchev–Trinajstić information content (AvgIpc) is 2.31. The molecule has 1 saturated heterocycles. The van der Waals surface area contributed by atoms with Crippen LogP contribution in [0, 0.1) is 5.92 Å². The molecule has 1 aromatic carbocycles. The predicted molar refractivity (Wildman–Crippen MR) is 67.2 cm³/mol. The van der Waals surface area contributed by atoms with E-state index in [-0.39, 0.29) is 5.91 Å². The summed E-state index contributed by atoms with van der Waals surface area (Å²) in [6.07, 6.45) is 1.60. The van der Waals surface area contributed by atoms with E-state index in [0.29, 0.717) is 18.9 Å². The van der Waals surface area contributed by atoms with Crippen molar-refractivity contribution in [1.29, 1.82) is 0 Å². The number of rotatable bonds is 3. The molecule has 1 aliphatic rings. The quantitative estimate of drug-likeness (QED) is 0.754. The lowest BCUT2D eigenvalue weighted by Gasteiger charge is -2.31. The number of nitrogens with zero attached hydrogens (tertiary/aromatic N) is 1. The van der Waals surface area contributed by atoms with E-state index in [4.69, 9.17) is 4.52 Å². The van der Waals surface area contributed by atoms with E-state index in [1.807, 2.05) is 35.2 Å². The van der Waals surface area contributed by atoms with Gasteiger partial charge in [-0.15, -0.1) is 0 Å². The maximum Gasteiger partial charge on any atom is 0.227 e. The Morgan fingerprint density at radius 2 is 2.12 bits per heavy atom. The number of carbonyl (C=O) groups excluding carboxylic acids is 1. The molecular weight excluding hydrogens is 221 g/mol. The minimum absolute atomic E-state index is 0.199. The largest absolute Gasteiger partial charge is 0.365 e. The molecule has 0 bridgehead atoms. The van der Waals surface area contributed by atoms with Crippen molar-refractivity contribution in [3.8, 4) is 0 Å². The van der Waals surface area contributed by atoms with E-state index >= 15 is 0 Å². The highest BCUT2D eigenvalue weighted by molar-refractivity contribution is 7.09. The van der Waals surface area contributed by atoms with E-state index < -0.39 is 0 Å². The second-order valence-corrected chi connectivity index (χ2v) is 4.41. The predicted octanol–water partition coefficient (Wildman–Crippen LogP) is 2.24. The number of hydrogen-bond acceptors (Lipinski definition) is 2. The van der Waals surface area contributed by atoms with Gasteiger partial charge in [-0.3, -0.25) is 4.79 Å². The Morgan fingerprint density at radius 3 is 2.75 bits per heavy atom. The molecular formula is C12H16NO2P. The molecule has 0 N–H and O–H groups in total. The van der Waals surface area contributed by atoms with Gasteiger partial charge in [-0.05, 0) is 24.5 Å². The summed E-state index contributed by atoms with van der Waals surface area (Å²) >= 11 is 0. The number of para-hydroxylation sites is 1. The minimum Gasteiger partial charge on any atom is -0.365 e. The molecule has 1 amide bonds. The van der Waals surface area contributed by atoms with E-state index in [0.717, 1.165) is 18.7 Å². The van der Waals surface area contributed by atoms with Crippen LogP contribution >= 0.6 is 9.47 Å². The van der Waals surface area contributed by atoms with E-state index in [1.54, 1.807) is 0 Å². The van der Waals surface area contributed by atoms with Crippen molar-refractivity contribution in [3.63, 3.8) is 0 Å². The third kappa shape index (κ3) is 2.60. The molecule has 0 radical (unpaired) electrons. The van der Waals surface area contributed by atoms with E-state index in [1.165, 1.54) is 0 Å². The Bertz CT molecular complexity index is 355. The Balaban J connectivity index is 2.02. The molecule has 2 atom stereocenters. The molecule has 0 saturated carbocycles. The van der Waals surface area contributed by atoms with Gasteiger partial charge < -0.3 is 9.42 Å². The normalized spacial score (nSPS) is 21.2. The molecule has 86 valence electrons. The molecule has 3 nitrogen and oxygen atoms in total. The highest BCUT2D eigenvalue weighted by atomic mass is 31.0. The molecule has 1 aromatic rings. The molecule has 1 heterocycles. The summed E-state index contributed by atoms with van der Waals surface area (Å²) in [6.45, 7) is 1.45. The summed E-state index contributed by atoms with van der Waals surface area (Å²) in [6, 6.07) is 9.83. The summed E-state index contributed by atoms with van der Waals surface area (Å²) in [4.78, 5) is 13.8. The first kappa shape index (κ1) is 11.6. The molecule has 2 rings (SSSR count). The Morgan fingerprint density at radius 1 is 1.38 bits per heavy atom. The zero-order valence-electron chi connectivity index (χ0n) is 9.13. The number of amides is 1. The fourth-order valence-electron chi connectivity index (χ4n) is 2.05. The highest BCUT2D eigenvalue weighted by Crippen LogP contribution is 2.24. The van der Waals surface area contributed by atoms with Crippen LogP contribution in [0.1, 0.15) is 12.8 Å². The van der Waals surface area contributed by atoms with Crippen molar-refractivity contribution < 1.29 is 9.32 Å². The van der Waals surface area contributed by atoms with Crippen molar-refractivity contribution in [3.05, 3.63) is 30.3 Å². The van der Waals surface area contributed by atoms with E-state index in [2.05, 4.69) is 9.47 Å². The lowest BCUT2D eigenvalue weighted by molar-refractivity contribution is -0.121. The van der Waals surface area contributed by atoms with Crippen molar-refractivity contribution in [2.75, 3.05) is 18.1 Å². The summed E-state index contributed by atoms with van der Waals surface area (Å²) in [5.41, 5.74) is 0.998. The van der Waals surface area contributed by atoms with Gasteiger partial charge >= 0.3 is 0 Å². The van der Waals surface area contributed by atoms with Crippen molar-refractivity contribution in [2.45, 2.75) is 12.8 Å². The van der Waals surface area contributed by atoms with Crippen LogP contribution in [0.2, 0.25) is 0 Å². The van der Waals surface area contributed by atoms with Crippen LogP contribution in [-0.4, -0.2) is 19.1 Å². The number of carbonyl (C=O) groups is 1. The Kier molecular flexibility index (Phi) is 3.92. The van der Waals surface area contributed by atoms with Gasteiger partial charge in [-0.2, -0.15) is 0 Å². The SMILES string of the molecule is O=C1CC(COP)CCN1c1ccccc1. The van der Waals surface area contributed by atoms with Gasteiger partial charge in [0, 0.05) is 28.1 Å². The van der Waals surface area contributed by atoms with Gasteiger partial charge in [0.15, 0.2) is 0 Å². The lowest BCUT2D eigenvalue weighted by Crippen LogP contribution is -2.39. The Hall–Kier alpha value is -0.920. The fraction of sp³-hybridized carbons (Fsp3) is 0.417. The van der Waals surface area contributed by atoms with Crippen LogP contribution in [0.25, 0.3) is 0 Å². The van der Waals surface area contributed by atoms with Crippen LogP contribution in [-0.2, 0) is 9.32 Å². The van der Waals surface area contributed by atoms with Crippen molar-refractivity contribution >= 4 is 21.1 Å². The molecule has 0 aromatic heterocycles. The highest BCUT2D eigenvalue weighted by Gasteiger charge is 2.26. The number of hydrogen-bond donors (Lipinski definition) is 0. The van der Waals surface area contributed by atoms with Crippen LogP contribution in [0.4, 0.5) is 5.69 Å². The topological polar surface area (TPSA) is 29.5 Å². The second-order valence-electron chi connectivity index (χ2n) is 4.07. The molecule has 0 aliphatic carbocycles. The molecule has 16 heavy (non-hydrogen) atoms. The summed E-state index contributed by atoms with van der Waals surface area (Å²) in [5, 5.41) is 0. The van der Waals surface area contributed by atoms with Crippen LogP contribution < -0.4 is 4.90 Å². The third-order valence-electron chi connectivity index (χ3n) is 2.93. The van der Waals surface area contributed by atoms with E-state index in [9.17, 15) is 4.79 Å². The maximum absolute atomic E-state index is 11.9. The molecule has 1 aliphatic heterocycles. The van der Waals surface area contributed by atoms with Gasteiger partial charge in [-0.1, -0.05) is 18.2 Å². The van der Waals surface area contributed by atoms with Crippen LogP contribution in [0.3, 0.4) is 0 Å². The monoisotopic (exact) mass is 237 g/mol. The van der Waals surface area contributed by atoms with Crippen LogP contribution in [0.15, 0.2) is 30.3 Å². The molecule has 4 heteroatoms. The first-order chi connectivity index (χ1) is 7.81. The fourth-order valence-corrected chi connectivity index (χ4v) is 2.33. The summed E-state index contributed by atoms with van der Waals surface area (Å²) < 4.78 is 5.02. The van der Waals surface area contributed by atoms with Crippen molar-refractivity contribution in [2.24, 2.45) is 5.92 Å². The standard InChI is InChI=1S/C12H16NO2P/c14-12-8-10(9-15-16)6-7-13(12)11-4-2-1-3-5-11/h1-5,10H,6-9,16H2. The number of anilines is 1. The average molecular weight is 237 g/mol. The smallest absolute Gasteiger partial charge is 0.227 e. The van der Waals surface area contributed by atoms with Gasteiger partial charge in [0.2, 0.25) is 5.91 Å². The van der Waals surface area contributed by atoms with Gasteiger partial charge in [0.25, 0.3) is 0 Å². The zero-order chi connectivity index (χ0) is 11.4. The molecule has 2 unspecified atom stereocenters. The lowest BCUT2D eigenvalue weighted by atomic mass is 9.97. The van der Waals surface area contributed by atoms with Gasteiger partial charge in [-0.25, -0.2) is 0 Å². The second kappa shape index (κ2) is 5.42.